The highest BCUT2D eigenvalue weighted by molar-refractivity contribution is 9.10. The molecule has 0 radical (unpaired) electrons. The number of nitrogen functional groups attached to an aromatic ring is 1. The van der Waals surface area contributed by atoms with E-state index >= 15 is 0 Å². The fraction of sp³-hybridized carbons (Fsp3) is 0.0833. The molecule has 0 atom stereocenters. The highest BCUT2D eigenvalue weighted by Gasteiger charge is 2.12. The largest absolute Gasteiger partial charge is 0.487 e. The number of halogens is 1. The van der Waals surface area contributed by atoms with Crippen LogP contribution in [-0.4, -0.2) is 10.8 Å². The molecule has 110 valence electrons. The van der Waals surface area contributed by atoms with E-state index in [1.54, 1.807) is 18.2 Å². The number of amides is 1. The number of nitrogens with zero attached hydrogens (tertiary/aromatic N) is 1. The van der Waals surface area contributed by atoms with Crippen molar-refractivity contribution >= 4 is 38.9 Å². The summed E-state index contributed by atoms with van der Waals surface area (Å²) in [6.07, 6.45) is 0. The average Bonchev–Trinajstić information content (AvgIpc) is 2.94. The van der Waals surface area contributed by atoms with E-state index in [4.69, 9.17) is 10.6 Å². The number of hydrogen-bond acceptors (Lipinski definition) is 6. The summed E-state index contributed by atoms with van der Waals surface area (Å²) < 4.78 is 6.15. The molecule has 1 amide bonds. The summed E-state index contributed by atoms with van der Waals surface area (Å²) in [5.74, 6) is 5.04. The summed E-state index contributed by atoms with van der Waals surface area (Å²) >= 11 is 4.50. The smallest absolute Gasteiger partial charge is 0.275 e. The zero-order chi connectivity index (χ0) is 15.4. The van der Waals surface area contributed by atoms with Crippen LogP contribution in [0.3, 0.4) is 0 Å². The van der Waals surface area contributed by atoms with E-state index < -0.39 is 4.92 Å². The van der Waals surface area contributed by atoms with Gasteiger partial charge in [-0.05, 0) is 34.1 Å². The predicted molar refractivity (Wildman–Crippen MR) is 81.1 cm³/mol. The van der Waals surface area contributed by atoms with Crippen molar-refractivity contribution < 1.29 is 14.5 Å². The minimum absolute atomic E-state index is 0.0532. The van der Waals surface area contributed by atoms with E-state index in [0.29, 0.717) is 15.1 Å². The number of nitrogens with two attached hydrogens (primary N) is 1. The molecule has 9 heteroatoms. The lowest BCUT2D eigenvalue weighted by Gasteiger charge is -2.06. The molecule has 0 aliphatic rings. The molecule has 2 aromatic rings. The van der Waals surface area contributed by atoms with Gasteiger partial charge in [0, 0.05) is 10.9 Å². The highest BCUT2D eigenvalue weighted by atomic mass is 79.9. The van der Waals surface area contributed by atoms with Crippen molar-refractivity contribution in [3.63, 3.8) is 0 Å². The number of benzene rings is 1. The molecule has 3 N–H and O–H groups in total. The van der Waals surface area contributed by atoms with Gasteiger partial charge in [-0.1, -0.05) is 0 Å². The van der Waals surface area contributed by atoms with E-state index in [9.17, 15) is 14.9 Å². The number of non-ortho nitro benzene ring substituents is 1. The zero-order valence-electron chi connectivity index (χ0n) is 10.5. The number of carbonyl (C=O) groups is 1. The molecule has 1 aromatic carbocycles. The molecule has 2 rings (SSSR count). The number of carbonyl (C=O) groups excluding carboxylic acids is 1. The van der Waals surface area contributed by atoms with Crippen molar-refractivity contribution in [3.05, 3.63) is 54.7 Å². The normalized spacial score (nSPS) is 10.2. The fourth-order valence-corrected chi connectivity index (χ4v) is 2.70. The molecule has 0 saturated carbocycles. The first-order chi connectivity index (χ1) is 10.0. The molecule has 1 heterocycles. The summed E-state index contributed by atoms with van der Waals surface area (Å²) in [5.41, 5.74) is 1.99. The lowest BCUT2D eigenvalue weighted by molar-refractivity contribution is -0.385. The lowest BCUT2D eigenvalue weighted by Crippen LogP contribution is -2.29. The third-order valence-corrected chi connectivity index (χ3v) is 4.22. The van der Waals surface area contributed by atoms with Gasteiger partial charge in [0.2, 0.25) is 0 Å². The molecule has 0 unspecified atom stereocenters. The Hall–Kier alpha value is -1.97. The van der Waals surface area contributed by atoms with Crippen LogP contribution in [0, 0.1) is 10.1 Å². The van der Waals surface area contributed by atoms with Gasteiger partial charge >= 0.3 is 0 Å². The maximum Gasteiger partial charge on any atom is 0.275 e. The van der Waals surface area contributed by atoms with Crippen molar-refractivity contribution in [3.8, 4) is 5.75 Å². The van der Waals surface area contributed by atoms with E-state index in [0.717, 1.165) is 4.88 Å². The number of ether oxygens (including phenoxy) is 1. The summed E-state index contributed by atoms with van der Waals surface area (Å²) in [7, 11) is 0. The molecular formula is C12H10BrN3O4S. The molecule has 1 aromatic heterocycles. The van der Waals surface area contributed by atoms with Crippen molar-refractivity contribution in [2.75, 3.05) is 0 Å². The molecule has 0 aliphatic carbocycles. The third kappa shape index (κ3) is 3.78. The van der Waals surface area contributed by atoms with E-state index in [2.05, 4.69) is 15.9 Å². The van der Waals surface area contributed by atoms with Gasteiger partial charge in [-0.3, -0.25) is 20.3 Å². The fourth-order valence-electron chi connectivity index (χ4n) is 1.51. The van der Waals surface area contributed by atoms with Gasteiger partial charge in [-0.25, -0.2) is 5.84 Å². The van der Waals surface area contributed by atoms with Gasteiger partial charge in [0.05, 0.1) is 20.3 Å². The minimum atomic E-state index is -0.492. The first-order valence-electron chi connectivity index (χ1n) is 5.67. The van der Waals surface area contributed by atoms with Gasteiger partial charge in [-0.15, -0.1) is 11.3 Å². The summed E-state index contributed by atoms with van der Waals surface area (Å²) in [6.45, 7) is 0.197. The molecule has 0 saturated heterocycles. The number of nitro benzene ring substituents is 1. The third-order valence-electron chi connectivity index (χ3n) is 2.51. The van der Waals surface area contributed by atoms with Gasteiger partial charge < -0.3 is 4.74 Å². The van der Waals surface area contributed by atoms with Crippen molar-refractivity contribution in [1.29, 1.82) is 0 Å². The molecule has 0 bridgehead atoms. The lowest BCUT2D eigenvalue weighted by atomic mass is 10.3. The molecule has 0 fully saturated rings. The predicted octanol–water partition coefficient (Wildman–Crippen LogP) is 2.60. The maximum absolute atomic E-state index is 11.3. The Balaban J connectivity index is 2.09. The monoisotopic (exact) mass is 371 g/mol. The Morgan fingerprint density at radius 1 is 1.43 bits per heavy atom. The van der Waals surface area contributed by atoms with E-state index in [1.807, 2.05) is 5.43 Å². The van der Waals surface area contributed by atoms with E-state index in [-0.39, 0.29) is 18.2 Å². The molecule has 21 heavy (non-hydrogen) atoms. The van der Waals surface area contributed by atoms with Gasteiger partial charge in [0.15, 0.2) is 0 Å². The van der Waals surface area contributed by atoms with E-state index in [1.165, 1.54) is 23.5 Å². The minimum Gasteiger partial charge on any atom is -0.487 e. The van der Waals surface area contributed by atoms with Gasteiger partial charge in [0.25, 0.3) is 11.6 Å². The zero-order valence-corrected chi connectivity index (χ0v) is 12.9. The Morgan fingerprint density at radius 3 is 2.86 bits per heavy atom. The van der Waals surface area contributed by atoms with Crippen LogP contribution >= 0.6 is 27.3 Å². The number of rotatable bonds is 5. The van der Waals surface area contributed by atoms with Crippen molar-refractivity contribution in [1.82, 2.24) is 5.43 Å². The molecule has 0 spiro atoms. The number of nitro groups is 1. The number of hydrazine groups is 1. The van der Waals surface area contributed by atoms with Crippen LogP contribution in [0.2, 0.25) is 0 Å². The van der Waals surface area contributed by atoms with Crippen LogP contribution in [0.15, 0.2) is 34.8 Å². The summed E-state index contributed by atoms with van der Waals surface area (Å²) in [4.78, 5) is 22.8. The first kappa shape index (κ1) is 15.4. The number of hydrogen-bond donors (Lipinski definition) is 2. The summed E-state index contributed by atoms with van der Waals surface area (Å²) in [6, 6.07) is 7.64. The number of thiophene rings is 1. The second-order valence-corrected chi connectivity index (χ2v) is 5.92. The van der Waals surface area contributed by atoms with Gasteiger partial charge in [-0.2, -0.15) is 0 Å². The topological polar surface area (TPSA) is 107 Å². The Kier molecular flexibility index (Phi) is 4.89. The molecule has 7 nitrogen and oxygen atoms in total. The number of nitrogens with one attached hydrogen (secondary N) is 1. The second kappa shape index (κ2) is 6.66. The van der Waals surface area contributed by atoms with Crippen molar-refractivity contribution in [2.24, 2.45) is 5.84 Å². The van der Waals surface area contributed by atoms with Crippen LogP contribution in [0.25, 0.3) is 0 Å². The highest BCUT2D eigenvalue weighted by Crippen LogP contribution is 2.30. The summed E-state index contributed by atoms with van der Waals surface area (Å²) in [5, 5.41) is 10.7. The van der Waals surface area contributed by atoms with Crippen LogP contribution in [0.1, 0.15) is 14.5 Å². The van der Waals surface area contributed by atoms with Crippen LogP contribution in [-0.2, 0) is 6.61 Å². The Morgan fingerprint density at radius 2 is 2.19 bits per heavy atom. The molecule has 0 aliphatic heterocycles. The Labute approximate surface area is 132 Å². The first-order valence-corrected chi connectivity index (χ1v) is 7.28. The van der Waals surface area contributed by atoms with Crippen LogP contribution < -0.4 is 16.0 Å². The van der Waals surface area contributed by atoms with Gasteiger partial charge in [0.1, 0.15) is 12.4 Å². The maximum atomic E-state index is 11.3. The molecular weight excluding hydrogens is 362 g/mol. The van der Waals surface area contributed by atoms with Crippen molar-refractivity contribution in [2.45, 2.75) is 6.61 Å². The average molecular weight is 372 g/mol. The van der Waals surface area contributed by atoms with Crippen LogP contribution in [0.4, 0.5) is 5.69 Å². The Bertz CT molecular complexity index is 689. The quantitative estimate of drug-likeness (QED) is 0.363. The standard InChI is InChI=1S/C12H10BrN3O4S/c13-9-3-1-7(16(18)19)5-10(9)20-6-8-2-4-11(21-8)12(17)15-14/h1-5H,6,14H2,(H,15,17). The SMILES string of the molecule is NNC(=O)c1ccc(COc2cc([N+](=O)[O-])ccc2Br)s1. The second-order valence-electron chi connectivity index (χ2n) is 3.90. The van der Waals surface area contributed by atoms with Crippen LogP contribution in [0.5, 0.6) is 5.75 Å².